The van der Waals surface area contributed by atoms with Crippen LogP contribution in [0.25, 0.3) is 11.0 Å². The molecule has 0 aliphatic carbocycles. The fraction of sp³-hybridized carbons (Fsp3) is 0.300. The molecule has 0 amide bonds. The van der Waals surface area contributed by atoms with Crippen LogP contribution in [-0.2, 0) is 16.9 Å². The third-order valence-electron chi connectivity index (χ3n) is 2.09. The summed E-state index contributed by atoms with van der Waals surface area (Å²) in [5.74, 6) is 1.15. The van der Waals surface area contributed by atoms with E-state index in [9.17, 15) is 4.55 Å². The molecule has 0 N–H and O–H groups in total. The van der Waals surface area contributed by atoms with E-state index in [4.69, 9.17) is 9.26 Å². The fourth-order valence-corrected chi connectivity index (χ4v) is 1.98. The molecule has 0 saturated heterocycles. The van der Waals surface area contributed by atoms with Gasteiger partial charge in [-0.25, -0.2) is 0 Å². The van der Waals surface area contributed by atoms with Gasteiger partial charge in [0.05, 0.1) is 18.8 Å². The molecule has 15 heavy (non-hydrogen) atoms. The molecule has 1 aromatic heterocycles. The molecule has 4 nitrogen and oxygen atoms in total. The predicted octanol–water partition coefficient (Wildman–Crippen LogP) is 1.71. The van der Waals surface area contributed by atoms with Crippen LogP contribution in [0.1, 0.15) is 5.69 Å². The molecule has 1 heterocycles. The van der Waals surface area contributed by atoms with Crippen molar-refractivity contribution in [3.63, 3.8) is 0 Å². The maximum absolute atomic E-state index is 11.1. The van der Waals surface area contributed by atoms with Gasteiger partial charge in [-0.15, -0.1) is 0 Å². The van der Waals surface area contributed by atoms with Gasteiger partial charge in [0.15, 0.2) is 11.3 Å². The molecule has 1 atom stereocenters. The lowest BCUT2D eigenvalue weighted by molar-refractivity contribution is 0.415. The van der Waals surface area contributed by atoms with Crippen molar-refractivity contribution in [3.8, 4) is 5.75 Å². The Morgan fingerprint density at radius 3 is 3.00 bits per heavy atom. The predicted molar refractivity (Wildman–Crippen MR) is 58.3 cm³/mol. The number of hydrogen-bond acceptors (Lipinski definition) is 4. The minimum absolute atomic E-state index is 0.403. The molecule has 0 aliphatic heterocycles. The van der Waals surface area contributed by atoms with Crippen molar-refractivity contribution in [2.45, 2.75) is 5.75 Å². The van der Waals surface area contributed by atoms with Gasteiger partial charge < -0.3 is 13.8 Å². The van der Waals surface area contributed by atoms with Crippen LogP contribution in [0.3, 0.4) is 0 Å². The first-order chi connectivity index (χ1) is 7.20. The van der Waals surface area contributed by atoms with Gasteiger partial charge in [-0.05, 0) is 18.2 Å². The Morgan fingerprint density at radius 2 is 2.33 bits per heavy atom. The van der Waals surface area contributed by atoms with Crippen molar-refractivity contribution in [1.29, 1.82) is 0 Å². The number of ether oxygens (including phenoxy) is 1. The van der Waals surface area contributed by atoms with Gasteiger partial charge in [0.1, 0.15) is 11.4 Å². The summed E-state index contributed by atoms with van der Waals surface area (Å²) in [4.78, 5) is 0. The molecule has 1 aromatic carbocycles. The first-order valence-corrected chi connectivity index (χ1v) is 6.16. The van der Waals surface area contributed by atoms with E-state index in [1.165, 1.54) is 0 Å². The molecular formula is C10H11NO3S. The summed E-state index contributed by atoms with van der Waals surface area (Å²) >= 11 is -0.923. The Bertz CT molecular complexity index is 467. The molecule has 0 radical (unpaired) electrons. The molecule has 2 aromatic rings. The van der Waals surface area contributed by atoms with Crippen LogP contribution < -0.4 is 4.74 Å². The summed E-state index contributed by atoms with van der Waals surface area (Å²) in [5, 5.41) is 4.75. The molecule has 0 fully saturated rings. The van der Waals surface area contributed by atoms with Crippen molar-refractivity contribution in [1.82, 2.24) is 5.16 Å². The Morgan fingerprint density at radius 1 is 1.53 bits per heavy atom. The van der Waals surface area contributed by atoms with Crippen LogP contribution in [-0.4, -0.2) is 23.1 Å². The molecule has 0 spiro atoms. The molecule has 2 rings (SSSR count). The van der Waals surface area contributed by atoms with E-state index in [2.05, 4.69) is 5.16 Å². The van der Waals surface area contributed by atoms with Crippen molar-refractivity contribution in [2.75, 3.05) is 13.4 Å². The average Bonchev–Trinajstić information content (AvgIpc) is 2.60. The molecule has 0 aliphatic rings. The zero-order valence-corrected chi connectivity index (χ0v) is 9.34. The zero-order chi connectivity index (χ0) is 10.8. The van der Waals surface area contributed by atoms with Crippen LogP contribution in [0.2, 0.25) is 0 Å². The number of fused-ring (bicyclic) bond motifs is 1. The number of rotatable bonds is 3. The zero-order valence-electron chi connectivity index (χ0n) is 8.52. The summed E-state index contributed by atoms with van der Waals surface area (Å²) in [6.07, 6.45) is 1.64. The van der Waals surface area contributed by atoms with Crippen LogP contribution in [0.4, 0.5) is 0 Å². The lowest BCUT2D eigenvalue weighted by Gasteiger charge is -2.02. The maximum atomic E-state index is 11.1. The largest absolute Gasteiger partial charge is 0.616 e. The second-order valence-electron chi connectivity index (χ2n) is 3.21. The number of hydrogen-bond donors (Lipinski definition) is 0. The van der Waals surface area contributed by atoms with Gasteiger partial charge in [-0.1, -0.05) is 16.3 Å². The van der Waals surface area contributed by atoms with Crippen molar-refractivity contribution < 1.29 is 13.8 Å². The van der Waals surface area contributed by atoms with Gasteiger partial charge in [-0.3, -0.25) is 0 Å². The smallest absolute Gasteiger partial charge is 0.167 e. The standard InChI is InChI=1S/C10H11NO3S/c1-13-7-3-4-10-8(5-7)9(11-14-10)6-15(2)12/h3-5H,6H2,1-2H3. The highest BCUT2D eigenvalue weighted by atomic mass is 32.2. The summed E-state index contributed by atoms with van der Waals surface area (Å²) in [7, 11) is 1.60. The van der Waals surface area contributed by atoms with Gasteiger partial charge in [0, 0.05) is 0 Å². The highest BCUT2D eigenvalue weighted by Gasteiger charge is 2.12. The molecule has 0 bridgehead atoms. The topological polar surface area (TPSA) is 58.3 Å². The van der Waals surface area contributed by atoms with E-state index < -0.39 is 11.2 Å². The molecular weight excluding hydrogens is 214 g/mol. The third kappa shape index (κ3) is 2.08. The Hall–Kier alpha value is -1.20. The Labute approximate surface area is 90.4 Å². The summed E-state index contributed by atoms with van der Waals surface area (Å²) in [6, 6.07) is 5.44. The van der Waals surface area contributed by atoms with Gasteiger partial charge in [0.25, 0.3) is 0 Å². The summed E-state index contributed by atoms with van der Waals surface area (Å²) < 4.78 is 21.3. The highest BCUT2D eigenvalue weighted by Crippen LogP contribution is 2.24. The number of methoxy groups -OCH3 is 1. The van der Waals surface area contributed by atoms with E-state index in [1.54, 1.807) is 25.5 Å². The average molecular weight is 225 g/mol. The monoisotopic (exact) mass is 225 g/mol. The van der Waals surface area contributed by atoms with Crippen LogP contribution in [0.15, 0.2) is 22.7 Å². The number of aromatic nitrogens is 1. The summed E-state index contributed by atoms with van der Waals surface area (Å²) in [5.41, 5.74) is 1.40. The van der Waals surface area contributed by atoms with Gasteiger partial charge in [0.2, 0.25) is 0 Å². The van der Waals surface area contributed by atoms with E-state index in [0.717, 1.165) is 11.1 Å². The Kier molecular flexibility index (Phi) is 2.83. The van der Waals surface area contributed by atoms with Crippen molar-refractivity contribution in [3.05, 3.63) is 23.9 Å². The van der Waals surface area contributed by atoms with E-state index >= 15 is 0 Å². The van der Waals surface area contributed by atoms with E-state index in [1.807, 2.05) is 6.07 Å². The normalized spacial score (nSPS) is 13.0. The minimum atomic E-state index is -0.923. The quantitative estimate of drug-likeness (QED) is 0.746. The van der Waals surface area contributed by atoms with Crippen LogP contribution >= 0.6 is 0 Å². The van der Waals surface area contributed by atoms with Crippen molar-refractivity contribution in [2.24, 2.45) is 0 Å². The molecule has 1 unspecified atom stereocenters. The van der Waals surface area contributed by atoms with E-state index in [-0.39, 0.29) is 0 Å². The number of benzene rings is 1. The van der Waals surface area contributed by atoms with E-state index in [0.29, 0.717) is 17.0 Å². The summed E-state index contributed by atoms with van der Waals surface area (Å²) in [6.45, 7) is 0. The lowest BCUT2D eigenvalue weighted by atomic mass is 10.2. The second kappa shape index (κ2) is 4.12. The highest BCUT2D eigenvalue weighted by molar-refractivity contribution is 7.89. The Balaban J connectivity index is 2.46. The van der Waals surface area contributed by atoms with Gasteiger partial charge in [-0.2, -0.15) is 0 Å². The van der Waals surface area contributed by atoms with Gasteiger partial charge >= 0.3 is 0 Å². The molecule has 0 saturated carbocycles. The first kappa shape index (κ1) is 10.3. The molecule has 5 heteroatoms. The van der Waals surface area contributed by atoms with Crippen LogP contribution in [0, 0.1) is 0 Å². The second-order valence-corrected chi connectivity index (χ2v) is 4.64. The first-order valence-electron chi connectivity index (χ1n) is 4.43. The fourth-order valence-electron chi connectivity index (χ4n) is 1.39. The van der Waals surface area contributed by atoms with Crippen LogP contribution in [0.5, 0.6) is 5.75 Å². The minimum Gasteiger partial charge on any atom is -0.616 e. The lowest BCUT2D eigenvalue weighted by Crippen LogP contribution is -2.01. The number of nitrogens with zero attached hydrogens (tertiary/aromatic N) is 1. The third-order valence-corrected chi connectivity index (χ3v) is 2.77. The van der Waals surface area contributed by atoms with Crippen molar-refractivity contribution >= 4 is 22.1 Å². The maximum Gasteiger partial charge on any atom is 0.167 e. The molecule has 80 valence electrons. The SMILES string of the molecule is COc1ccc2onc(C[S+](C)[O-])c2c1.